The third kappa shape index (κ3) is 1.46. The van der Waals surface area contributed by atoms with Crippen LogP contribution in [-0.2, 0) is 9.53 Å². The summed E-state index contributed by atoms with van der Waals surface area (Å²) in [4.78, 5) is 11.5. The van der Waals surface area contributed by atoms with Gasteiger partial charge in [0, 0.05) is 0 Å². The SMILES string of the molecule is O=C1OCCCC12SCCCS2. The summed E-state index contributed by atoms with van der Waals surface area (Å²) >= 11 is 3.57. The second-order valence-electron chi connectivity index (χ2n) is 3.04. The van der Waals surface area contributed by atoms with Crippen molar-refractivity contribution in [3.63, 3.8) is 0 Å². The number of thioether (sulfide) groups is 2. The minimum Gasteiger partial charge on any atom is -0.464 e. The molecule has 0 aromatic rings. The number of rotatable bonds is 0. The summed E-state index contributed by atoms with van der Waals surface area (Å²) in [5.41, 5.74) is 0. The van der Waals surface area contributed by atoms with E-state index in [0.29, 0.717) is 6.61 Å². The molecule has 0 amide bonds. The molecule has 0 saturated carbocycles. The van der Waals surface area contributed by atoms with Gasteiger partial charge in [0.1, 0.15) is 0 Å². The van der Waals surface area contributed by atoms with E-state index in [0.717, 1.165) is 24.3 Å². The summed E-state index contributed by atoms with van der Waals surface area (Å²) in [6.45, 7) is 0.627. The fourth-order valence-electron chi connectivity index (χ4n) is 1.52. The van der Waals surface area contributed by atoms with Gasteiger partial charge in [-0.3, -0.25) is 0 Å². The first-order chi connectivity index (χ1) is 5.83. The van der Waals surface area contributed by atoms with Gasteiger partial charge in [-0.15, -0.1) is 23.5 Å². The molecular formula is C8H12O2S2. The van der Waals surface area contributed by atoms with Crippen LogP contribution in [0.3, 0.4) is 0 Å². The Morgan fingerprint density at radius 1 is 1.25 bits per heavy atom. The Kier molecular flexibility index (Phi) is 2.55. The summed E-state index contributed by atoms with van der Waals surface area (Å²) in [6, 6.07) is 0. The minimum absolute atomic E-state index is 0.0171. The van der Waals surface area contributed by atoms with Crippen LogP contribution in [0.15, 0.2) is 0 Å². The Balaban J connectivity index is 2.09. The number of cyclic esters (lactones) is 1. The van der Waals surface area contributed by atoms with Crippen molar-refractivity contribution < 1.29 is 9.53 Å². The predicted molar refractivity (Wildman–Crippen MR) is 52.5 cm³/mol. The molecule has 2 rings (SSSR count). The number of ether oxygens (including phenoxy) is 1. The molecule has 68 valence electrons. The van der Waals surface area contributed by atoms with Crippen molar-refractivity contribution in [1.82, 2.24) is 0 Å². The average Bonchev–Trinajstić information content (AvgIpc) is 2.12. The Bertz CT molecular complexity index is 179. The molecule has 0 unspecified atom stereocenters. The van der Waals surface area contributed by atoms with Gasteiger partial charge in [0.15, 0.2) is 4.08 Å². The Morgan fingerprint density at radius 3 is 2.67 bits per heavy atom. The van der Waals surface area contributed by atoms with E-state index in [2.05, 4.69) is 0 Å². The lowest BCUT2D eigenvalue weighted by molar-refractivity contribution is -0.147. The normalized spacial score (nSPS) is 28.5. The molecule has 4 heteroatoms. The van der Waals surface area contributed by atoms with Gasteiger partial charge in [-0.05, 0) is 30.8 Å². The molecule has 0 bridgehead atoms. The molecule has 12 heavy (non-hydrogen) atoms. The van der Waals surface area contributed by atoms with E-state index >= 15 is 0 Å². The van der Waals surface area contributed by atoms with E-state index in [1.54, 1.807) is 23.5 Å². The second-order valence-corrected chi connectivity index (χ2v) is 6.09. The first kappa shape index (κ1) is 8.75. The highest BCUT2D eigenvalue weighted by Crippen LogP contribution is 2.47. The molecule has 2 saturated heterocycles. The maximum Gasteiger partial charge on any atom is 0.332 e. The van der Waals surface area contributed by atoms with E-state index in [1.807, 2.05) is 0 Å². The van der Waals surface area contributed by atoms with Crippen molar-refractivity contribution in [2.24, 2.45) is 0 Å². The van der Waals surface area contributed by atoms with Crippen LogP contribution in [0.2, 0.25) is 0 Å². The van der Waals surface area contributed by atoms with Crippen LogP contribution in [0.5, 0.6) is 0 Å². The molecular weight excluding hydrogens is 192 g/mol. The zero-order valence-electron chi connectivity index (χ0n) is 6.88. The summed E-state index contributed by atoms with van der Waals surface area (Å²) in [5, 5.41) is 0. The monoisotopic (exact) mass is 204 g/mol. The topological polar surface area (TPSA) is 26.3 Å². The van der Waals surface area contributed by atoms with E-state index in [4.69, 9.17) is 4.74 Å². The summed E-state index contributed by atoms with van der Waals surface area (Å²) in [7, 11) is 0. The molecule has 0 radical (unpaired) electrons. The van der Waals surface area contributed by atoms with Crippen molar-refractivity contribution in [2.45, 2.75) is 23.3 Å². The molecule has 2 aliphatic heterocycles. The smallest absolute Gasteiger partial charge is 0.332 e. The third-order valence-corrected chi connectivity index (χ3v) is 5.52. The quantitative estimate of drug-likeness (QED) is 0.563. The van der Waals surface area contributed by atoms with Crippen molar-refractivity contribution in [2.75, 3.05) is 18.1 Å². The van der Waals surface area contributed by atoms with Crippen molar-refractivity contribution in [3.05, 3.63) is 0 Å². The molecule has 0 aliphatic carbocycles. The number of hydrogen-bond acceptors (Lipinski definition) is 4. The van der Waals surface area contributed by atoms with Gasteiger partial charge in [0.05, 0.1) is 6.61 Å². The minimum atomic E-state index is -0.212. The van der Waals surface area contributed by atoms with Crippen LogP contribution < -0.4 is 0 Å². The fraction of sp³-hybridized carbons (Fsp3) is 0.875. The van der Waals surface area contributed by atoms with Crippen molar-refractivity contribution >= 4 is 29.5 Å². The predicted octanol–water partition coefficient (Wildman–Crippen LogP) is 1.89. The first-order valence-corrected chi connectivity index (χ1v) is 6.26. The zero-order valence-corrected chi connectivity index (χ0v) is 8.51. The van der Waals surface area contributed by atoms with E-state index in [9.17, 15) is 4.79 Å². The molecule has 0 aromatic carbocycles. The average molecular weight is 204 g/mol. The molecule has 0 atom stereocenters. The van der Waals surface area contributed by atoms with Crippen LogP contribution in [0, 0.1) is 0 Å². The van der Waals surface area contributed by atoms with E-state index < -0.39 is 0 Å². The second kappa shape index (κ2) is 3.50. The lowest BCUT2D eigenvalue weighted by Gasteiger charge is -2.36. The van der Waals surface area contributed by atoms with Crippen LogP contribution in [0.25, 0.3) is 0 Å². The number of carbonyl (C=O) groups excluding carboxylic acids is 1. The van der Waals surface area contributed by atoms with Gasteiger partial charge in [0.25, 0.3) is 0 Å². The van der Waals surface area contributed by atoms with E-state index in [1.165, 1.54) is 6.42 Å². The van der Waals surface area contributed by atoms with Crippen LogP contribution >= 0.6 is 23.5 Å². The highest BCUT2D eigenvalue weighted by molar-refractivity contribution is 8.19. The fourth-order valence-corrected chi connectivity index (χ4v) is 4.70. The maximum atomic E-state index is 11.5. The standard InChI is InChI=1S/C8H12O2S2/c9-7-8(3-1-4-10-7)11-5-2-6-12-8/h1-6H2. The van der Waals surface area contributed by atoms with Gasteiger partial charge in [-0.25, -0.2) is 4.79 Å². The van der Waals surface area contributed by atoms with Crippen LogP contribution in [0.1, 0.15) is 19.3 Å². The van der Waals surface area contributed by atoms with Crippen LogP contribution in [0.4, 0.5) is 0 Å². The number of hydrogen-bond donors (Lipinski definition) is 0. The third-order valence-electron chi connectivity index (χ3n) is 2.15. The first-order valence-electron chi connectivity index (χ1n) is 4.29. The molecule has 2 nitrogen and oxygen atoms in total. The van der Waals surface area contributed by atoms with Gasteiger partial charge in [0.2, 0.25) is 0 Å². The van der Waals surface area contributed by atoms with Crippen molar-refractivity contribution in [3.8, 4) is 0 Å². The van der Waals surface area contributed by atoms with Gasteiger partial charge in [-0.1, -0.05) is 0 Å². The molecule has 2 fully saturated rings. The summed E-state index contributed by atoms with van der Waals surface area (Å²) < 4.78 is 4.88. The molecule has 1 spiro atoms. The van der Waals surface area contributed by atoms with E-state index in [-0.39, 0.29) is 10.0 Å². The van der Waals surface area contributed by atoms with Gasteiger partial charge < -0.3 is 4.74 Å². The Morgan fingerprint density at radius 2 is 2.00 bits per heavy atom. The van der Waals surface area contributed by atoms with Crippen LogP contribution in [-0.4, -0.2) is 28.2 Å². The lowest BCUT2D eigenvalue weighted by Crippen LogP contribution is -2.40. The van der Waals surface area contributed by atoms with Crippen molar-refractivity contribution in [1.29, 1.82) is 0 Å². The Hall–Kier alpha value is 0.170. The molecule has 2 heterocycles. The maximum absolute atomic E-state index is 11.5. The largest absolute Gasteiger partial charge is 0.464 e. The van der Waals surface area contributed by atoms with Gasteiger partial charge in [-0.2, -0.15) is 0 Å². The number of carbonyl (C=O) groups is 1. The highest BCUT2D eigenvalue weighted by atomic mass is 32.2. The lowest BCUT2D eigenvalue weighted by atomic mass is 10.2. The Labute approximate surface area is 80.8 Å². The molecule has 2 aliphatic rings. The summed E-state index contributed by atoms with van der Waals surface area (Å²) in [6.07, 6.45) is 3.26. The van der Waals surface area contributed by atoms with Gasteiger partial charge >= 0.3 is 5.97 Å². The number of esters is 1. The molecule has 0 aromatic heterocycles. The molecule has 0 N–H and O–H groups in total. The zero-order chi connectivity index (χ0) is 8.44. The summed E-state index contributed by atoms with van der Waals surface area (Å²) in [5.74, 6) is 2.24. The highest BCUT2D eigenvalue weighted by Gasteiger charge is 2.44.